The van der Waals surface area contributed by atoms with Crippen LogP contribution in [0.4, 0.5) is 0 Å². The number of rotatable bonds is 4. The number of halogens is 1. The van der Waals surface area contributed by atoms with Crippen molar-refractivity contribution in [3.8, 4) is 28.7 Å². The zero-order valence-electron chi connectivity index (χ0n) is 14.9. The molecule has 1 aliphatic rings. The van der Waals surface area contributed by atoms with Gasteiger partial charge in [-0.2, -0.15) is 5.10 Å². The molecule has 136 valence electrons. The van der Waals surface area contributed by atoms with E-state index in [1.165, 1.54) is 0 Å². The number of methoxy groups -OCH3 is 1. The molecule has 3 heterocycles. The first kappa shape index (κ1) is 17.2. The van der Waals surface area contributed by atoms with Crippen molar-refractivity contribution in [2.45, 2.75) is 33.0 Å². The number of aromatic nitrogens is 5. The van der Waals surface area contributed by atoms with Crippen molar-refractivity contribution in [1.29, 1.82) is 0 Å². The van der Waals surface area contributed by atoms with Gasteiger partial charge in [-0.05, 0) is 32.0 Å². The van der Waals surface area contributed by atoms with E-state index >= 15 is 0 Å². The summed E-state index contributed by atoms with van der Waals surface area (Å²) in [5, 5.41) is 4.50. The van der Waals surface area contributed by atoms with E-state index in [1.807, 2.05) is 42.9 Å². The van der Waals surface area contributed by atoms with Gasteiger partial charge in [-0.3, -0.25) is 0 Å². The second kappa shape index (κ2) is 6.85. The molecule has 0 bridgehead atoms. The van der Waals surface area contributed by atoms with E-state index < -0.39 is 0 Å². The van der Waals surface area contributed by atoms with Gasteiger partial charge in [0.1, 0.15) is 29.7 Å². The summed E-state index contributed by atoms with van der Waals surface area (Å²) in [6, 6.07) is 6.00. The lowest BCUT2D eigenvalue weighted by molar-refractivity contribution is 0.100. The summed E-state index contributed by atoms with van der Waals surface area (Å²) in [5.41, 5.74) is 1.78. The van der Waals surface area contributed by atoms with Gasteiger partial charge in [0, 0.05) is 17.8 Å². The quantitative estimate of drug-likeness (QED) is 0.651. The van der Waals surface area contributed by atoms with Crippen molar-refractivity contribution in [1.82, 2.24) is 24.3 Å². The van der Waals surface area contributed by atoms with E-state index in [2.05, 4.69) is 30.6 Å². The van der Waals surface area contributed by atoms with Crippen molar-refractivity contribution in [2.24, 2.45) is 0 Å². The molecule has 8 heteroatoms. The minimum atomic E-state index is 0.0433. The summed E-state index contributed by atoms with van der Waals surface area (Å²) < 4.78 is 16.2. The third kappa shape index (κ3) is 3.14. The smallest absolute Gasteiger partial charge is 0.178 e. The summed E-state index contributed by atoms with van der Waals surface area (Å²) in [7, 11) is 1.70. The Hall–Kier alpha value is -2.19. The van der Waals surface area contributed by atoms with Gasteiger partial charge in [0.15, 0.2) is 5.82 Å². The molecule has 1 unspecified atom stereocenters. The highest BCUT2D eigenvalue weighted by atomic mass is 79.9. The van der Waals surface area contributed by atoms with Crippen molar-refractivity contribution in [3.63, 3.8) is 0 Å². The average Bonchev–Trinajstić information content (AvgIpc) is 3.14. The normalized spacial score (nSPS) is 14.3. The van der Waals surface area contributed by atoms with Crippen molar-refractivity contribution >= 4 is 15.9 Å². The fourth-order valence-electron chi connectivity index (χ4n) is 3.05. The molecule has 0 saturated carbocycles. The van der Waals surface area contributed by atoms with Crippen molar-refractivity contribution in [3.05, 3.63) is 34.7 Å². The summed E-state index contributed by atoms with van der Waals surface area (Å²) in [5.74, 6) is 3.19. The third-order valence-electron chi connectivity index (χ3n) is 4.39. The van der Waals surface area contributed by atoms with E-state index in [9.17, 15) is 0 Å². The second-order valence-corrected chi connectivity index (χ2v) is 7.26. The van der Waals surface area contributed by atoms with Crippen LogP contribution in [0, 0.1) is 6.92 Å². The van der Waals surface area contributed by atoms with Crippen LogP contribution in [-0.2, 0) is 17.8 Å². The van der Waals surface area contributed by atoms with Crippen LogP contribution in [-0.4, -0.2) is 44.1 Å². The van der Waals surface area contributed by atoms with Crippen LogP contribution in [0.1, 0.15) is 12.7 Å². The lowest BCUT2D eigenvalue weighted by Gasteiger charge is -2.10. The molecule has 0 spiro atoms. The number of ether oxygens (including phenoxy) is 2. The Balaban J connectivity index is 1.79. The molecule has 1 atom stereocenters. The van der Waals surface area contributed by atoms with Crippen LogP contribution in [0.3, 0.4) is 0 Å². The fourth-order valence-corrected chi connectivity index (χ4v) is 3.39. The average molecular weight is 418 g/mol. The predicted octanol–water partition coefficient (Wildman–Crippen LogP) is 3.31. The highest BCUT2D eigenvalue weighted by Crippen LogP contribution is 2.35. The second-order valence-electron chi connectivity index (χ2n) is 6.34. The Morgan fingerprint density at radius 2 is 2.15 bits per heavy atom. The van der Waals surface area contributed by atoms with E-state index in [0.29, 0.717) is 13.2 Å². The van der Waals surface area contributed by atoms with E-state index in [-0.39, 0.29) is 6.10 Å². The first-order valence-electron chi connectivity index (χ1n) is 8.49. The highest BCUT2D eigenvalue weighted by Gasteiger charge is 2.22. The SMILES string of the molecule is COC(C)Cn1nc(C)nc1-c1cn2c(n1)-c1ccc(Br)cc1OCC2. The van der Waals surface area contributed by atoms with Gasteiger partial charge in [-0.15, -0.1) is 0 Å². The molecule has 1 aliphatic heterocycles. The van der Waals surface area contributed by atoms with Gasteiger partial charge < -0.3 is 14.0 Å². The predicted molar refractivity (Wildman–Crippen MR) is 101 cm³/mol. The monoisotopic (exact) mass is 417 g/mol. The Morgan fingerprint density at radius 3 is 2.96 bits per heavy atom. The van der Waals surface area contributed by atoms with E-state index in [1.54, 1.807) is 7.11 Å². The number of aryl methyl sites for hydroxylation is 1. The molecule has 3 aromatic rings. The Kier molecular flexibility index (Phi) is 4.54. The molecule has 0 radical (unpaired) electrons. The van der Waals surface area contributed by atoms with Gasteiger partial charge in [0.05, 0.1) is 24.8 Å². The molecule has 2 aromatic heterocycles. The highest BCUT2D eigenvalue weighted by molar-refractivity contribution is 9.10. The summed E-state index contributed by atoms with van der Waals surface area (Å²) >= 11 is 3.50. The molecule has 0 aliphatic carbocycles. The Labute approximate surface area is 160 Å². The number of fused-ring (bicyclic) bond motifs is 3. The van der Waals surface area contributed by atoms with Crippen LogP contribution in [0.2, 0.25) is 0 Å². The van der Waals surface area contributed by atoms with Gasteiger partial charge >= 0.3 is 0 Å². The van der Waals surface area contributed by atoms with Crippen LogP contribution in [0.25, 0.3) is 22.9 Å². The van der Waals surface area contributed by atoms with Gasteiger partial charge in [0.2, 0.25) is 0 Å². The number of imidazole rings is 1. The molecule has 0 fully saturated rings. The van der Waals surface area contributed by atoms with Crippen LogP contribution >= 0.6 is 15.9 Å². The van der Waals surface area contributed by atoms with Gasteiger partial charge in [-0.1, -0.05) is 15.9 Å². The summed E-state index contributed by atoms with van der Waals surface area (Å²) in [6.45, 7) is 5.85. The van der Waals surface area contributed by atoms with Crippen LogP contribution < -0.4 is 4.74 Å². The first-order valence-corrected chi connectivity index (χ1v) is 9.29. The van der Waals surface area contributed by atoms with Crippen LogP contribution in [0.15, 0.2) is 28.9 Å². The first-order chi connectivity index (χ1) is 12.5. The lowest BCUT2D eigenvalue weighted by atomic mass is 10.2. The Bertz CT molecular complexity index is 949. The fraction of sp³-hybridized carbons (Fsp3) is 0.389. The van der Waals surface area contributed by atoms with Gasteiger partial charge in [0.25, 0.3) is 0 Å². The largest absolute Gasteiger partial charge is 0.491 e. The van der Waals surface area contributed by atoms with E-state index in [4.69, 9.17) is 14.5 Å². The Morgan fingerprint density at radius 1 is 1.31 bits per heavy atom. The molecule has 4 rings (SSSR count). The number of hydrogen-bond acceptors (Lipinski definition) is 5. The zero-order valence-corrected chi connectivity index (χ0v) is 16.5. The third-order valence-corrected chi connectivity index (χ3v) is 4.88. The summed E-state index contributed by atoms with van der Waals surface area (Å²) in [6.07, 6.45) is 2.06. The number of nitrogens with zero attached hydrogens (tertiary/aromatic N) is 5. The molecular formula is C18H20BrN5O2. The molecule has 1 aromatic carbocycles. The van der Waals surface area contributed by atoms with Crippen molar-refractivity contribution in [2.75, 3.05) is 13.7 Å². The molecule has 0 N–H and O–H groups in total. The molecule has 7 nitrogen and oxygen atoms in total. The van der Waals surface area contributed by atoms with Gasteiger partial charge in [-0.25, -0.2) is 14.6 Å². The van der Waals surface area contributed by atoms with E-state index in [0.717, 1.165) is 45.5 Å². The molecule has 26 heavy (non-hydrogen) atoms. The molecular weight excluding hydrogens is 398 g/mol. The number of hydrogen-bond donors (Lipinski definition) is 0. The maximum Gasteiger partial charge on any atom is 0.178 e. The lowest BCUT2D eigenvalue weighted by Crippen LogP contribution is -2.16. The molecule has 0 saturated heterocycles. The topological polar surface area (TPSA) is 67.0 Å². The molecule has 0 amide bonds. The maximum absolute atomic E-state index is 5.87. The standard InChI is InChI=1S/C18H20BrN5O2/c1-11(25-3)9-24-18(20-12(2)22-24)15-10-23-6-7-26-16-8-13(19)4-5-14(16)17(23)21-15/h4-5,8,10-11H,6-7,9H2,1-3H3. The maximum atomic E-state index is 5.87. The minimum Gasteiger partial charge on any atom is -0.491 e. The van der Waals surface area contributed by atoms with Crippen molar-refractivity contribution < 1.29 is 9.47 Å². The minimum absolute atomic E-state index is 0.0433. The summed E-state index contributed by atoms with van der Waals surface area (Å²) in [4.78, 5) is 9.45. The van der Waals surface area contributed by atoms with Crippen LogP contribution in [0.5, 0.6) is 5.75 Å². The zero-order chi connectivity index (χ0) is 18.3. The number of benzene rings is 1.